The first-order valence-corrected chi connectivity index (χ1v) is 6.32. The molecule has 4 nitrogen and oxygen atoms in total. The standard InChI is InChI=1S/C16H15NO3/c1-4-16(3,5-2)17-14(18)12-10-11-8-6-7-9-13(11)20-15(12)19/h1,6-10H,5H2,2-3H3,(H,17,18)/t16-/m0/s1. The Morgan fingerprint density at radius 1 is 1.45 bits per heavy atom. The SMILES string of the molecule is C#C[C@@](C)(CC)NC(=O)c1cc2ccccc2oc1=O. The quantitative estimate of drug-likeness (QED) is 0.687. The molecule has 0 spiro atoms. The second-order valence-electron chi connectivity index (χ2n) is 4.77. The van der Waals surface area contributed by atoms with Gasteiger partial charge in [0.25, 0.3) is 5.91 Å². The number of para-hydroxylation sites is 1. The Balaban J connectivity index is 2.43. The molecule has 0 bridgehead atoms. The van der Waals surface area contributed by atoms with Crippen molar-refractivity contribution in [1.29, 1.82) is 0 Å². The Kier molecular flexibility index (Phi) is 3.62. The molecule has 102 valence electrons. The van der Waals surface area contributed by atoms with E-state index in [1.165, 1.54) is 6.07 Å². The molecule has 0 aliphatic rings. The van der Waals surface area contributed by atoms with E-state index in [4.69, 9.17) is 10.8 Å². The van der Waals surface area contributed by atoms with E-state index in [1.54, 1.807) is 25.1 Å². The first-order valence-electron chi connectivity index (χ1n) is 6.32. The minimum atomic E-state index is -0.783. The van der Waals surface area contributed by atoms with Crippen molar-refractivity contribution in [2.24, 2.45) is 0 Å². The Morgan fingerprint density at radius 2 is 2.15 bits per heavy atom. The lowest BCUT2D eigenvalue weighted by molar-refractivity contribution is 0.0920. The van der Waals surface area contributed by atoms with E-state index in [0.717, 1.165) is 0 Å². The van der Waals surface area contributed by atoms with Crippen molar-refractivity contribution in [3.8, 4) is 12.3 Å². The van der Waals surface area contributed by atoms with Crippen LogP contribution in [0.1, 0.15) is 30.6 Å². The molecule has 0 radical (unpaired) electrons. The van der Waals surface area contributed by atoms with E-state index in [1.807, 2.05) is 13.0 Å². The smallest absolute Gasteiger partial charge is 0.349 e. The van der Waals surface area contributed by atoms with Crippen LogP contribution in [0.25, 0.3) is 11.0 Å². The highest BCUT2D eigenvalue weighted by molar-refractivity contribution is 5.97. The van der Waals surface area contributed by atoms with Crippen LogP contribution in [0, 0.1) is 12.3 Å². The van der Waals surface area contributed by atoms with Crippen LogP contribution in [-0.4, -0.2) is 11.4 Å². The minimum Gasteiger partial charge on any atom is -0.422 e. The van der Waals surface area contributed by atoms with E-state index in [2.05, 4.69) is 11.2 Å². The summed E-state index contributed by atoms with van der Waals surface area (Å²) >= 11 is 0. The number of carbonyl (C=O) groups excluding carboxylic acids is 1. The monoisotopic (exact) mass is 269 g/mol. The minimum absolute atomic E-state index is 0.0429. The molecule has 0 unspecified atom stereocenters. The maximum Gasteiger partial charge on any atom is 0.349 e. The van der Waals surface area contributed by atoms with Gasteiger partial charge in [0.1, 0.15) is 11.1 Å². The van der Waals surface area contributed by atoms with Crippen molar-refractivity contribution in [3.63, 3.8) is 0 Å². The molecule has 0 saturated carbocycles. The topological polar surface area (TPSA) is 59.3 Å². The average Bonchev–Trinajstić information content (AvgIpc) is 2.46. The summed E-state index contributed by atoms with van der Waals surface area (Å²) in [4.78, 5) is 24.0. The van der Waals surface area contributed by atoms with Gasteiger partial charge in [0.15, 0.2) is 0 Å². The zero-order chi connectivity index (χ0) is 14.8. The lowest BCUT2D eigenvalue weighted by Crippen LogP contribution is -2.45. The van der Waals surface area contributed by atoms with Gasteiger partial charge >= 0.3 is 5.63 Å². The summed E-state index contributed by atoms with van der Waals surface area (Å²) in [6.07, 6.45) is 5.97. The molecule has 0 aliphatic heterocycles. The zero-order valence-corrected chi connectivity index (χ0v) is 11.4. The number of carbonyl (C=O) groups is 1. The van der Waals surface area contributed by atoms with Gasteiger partial charge < -0.3 is 9.73 Å². The first-order chi connectivity index (χ1) is 9.49. The third-order valence-electron chi connectivity index (χ3n) is 3.30. The summed E-state index contributed by atoms with van der Waals surface area (Å²) < 4.78 is 5.13. The van der Waals surface area contributed by atoms with Gasteiger partial charge in [0.2, 0.25) is 0 Å². The molecular weight excluding hydrogens is 254 g/mol. The van der Waals surface area contributed by atoms with E-state index < -0.39 is 17.1 Å². The normalized spacial score (nSPS) is 13.4. The number of terminal acetylenes is 1. The predicted octanol–water partition coefficient (Wildman–Crippen LogP) is 2.32. The van der Waals surface area contributed by atoms with Gasteiger partial charge in [-0.2, -0.15) is 0 Å². The van der Waals surface area contributed by atoms with Crippen molar-refractivity contribution in [2.45, 2.75) is 25.8 Å². The molecule has 1 aromatic heterocycles. The van der Waals surface area contributed by atoms with Gasteiger partial charge in [-0.25, -0.2) is 4.79 Å². The molecule has 0 fully saturated rings. The molecule has 1 aromatic carbocycles. The van der Waals surface area contributed by atoms with E-state index in [-0.39, 0.29) is 5.56 Å². The van der Waals surface area contributed by atoms with Crippen LogP contribution >= 0.6 is 0 Å². The van der Waals surface area contributed by atoms with E-state index >= 15 is 0 Å². The molecule has 1 atom stereocenters. The molecule has 2 rings (SSSR count). The summed E-state index contributed by atoms with van der Waals surface area (Å²) in [6, 6.07) is 8.54. The predicted molar refractivity (Wildman–Crippen MR) is 77.5 cm³/mol. The third kappa shape index (κ3) is 2.57. The highest BCUT2D eigenvalue weighted by Crippen LogP contribution is 2.14. The van der Waals surface area contributed by atoms with Crippen molar-refractivity contribution >= 4 is 16.9 Å². The number of rotatable bonds is 3. The zero-order valence-electron chi connectivity index (χ0n) is 11.4. The molecular formula is C16H15NO3. The van der Waals surface area contributed by atoms with E-state index in [9.17, 15) is 9.59 Å². The molecule has 1 heterocycles. The third-order valence-corrected chi connectivity index (χ3v) is 3.30. The molecule has 0 aliphatic carbocycles. The number of amides is 1. The second kappa shape index (κ2) is 5.22. The second-order valence-corrected chi connectivity index (χ2v) is 4.77. The molecule has 2 aromatic rings. The lowest BCUT2D eigenvalue weighted by atomic mass is 9.99. The summed E-state index contributed by atoms with van der Waals surface area (Å²) in [7, 11) is 0. The lowest BCUT2D eigenvalue weighted by Gasteiger charge is -2.23. The fraction of sp³-hybridized carbons (Fsp3) is 0.250. The number of hydrogen-bond acceptors (Lipinski definition) is 3. The number of benzene rings is 1. The Labute approximate surface area is 116 Å². The van der Waals surface area contributed by atoms with Crippen LogP contribution in [0.5, 0.6) is 0 Å². The van der Waals surface area contributed by atoms with Crippen molar-refractivity contribution < 1.29 is 9.21 Å². The number of nitrogens with one attached hydrogen (secondary N) is 1. The average molecular weight is 269 g/mol. The Bertz CT molecular complexity index is 754. The van der Waals surface area contributed by atoms with Crippen LogP contribution in [0.4, 0.5) is 0 Å². The Morgan fingerprint density at radius 3 is 2.80 bits per heavy atom. The first kappa shape index (κ1) is 13.9. The van der Waals surface area contributed by atoms with Crippen LogP contribution in [0.15, 0.2) is 39.5 Å². The van der Waals surface area contributed by atoms with Crippen LogP contribution in [0.3, 0.4) is 0 Å². The largest absolute Gasteiger partial charge is 0.422 e. The van der Waals surface area contributed by atoms with Gasteiger partial charge in [-0.15, -0.1) is 6.42 Å². The maximum absolute atomic E-state index is 12.2. The molecule has 4 heteroatoms. The fourth-order valence-corrected chi connectivity index (χ4v) is 1.76. The number of fused-ring (bicyclic) bond motifs is 1. The molecule has 1 amide bonds. The summed E-state index contributed by atoms with van der Waals surface area (Å²) in [5.74, 6) is 2.00. The molecule has 20 heavy (non-hydrogen) atoms. The molecule has 1 N–H and O–H groups in total. The summed E-state index contributed by atoms with van der Waals surface area (Å²) in [5, 5.41) is 3.37. The molecule has 0 saturated heterocycles. The summed E-state index contributed by atoms with van der Waals surface area (Å²) in [5.41, 5.74) is -1.05. The van der Waals surface area contributed by atoms with Gasteiger partial charge in [0, 0.05) is 5.39 Å². The van der Waals surface area contributed by atoms with Crippen LogP contribution in [0.2, 0.25) is 0 Å². The highest BCUT2D eigenvalue weighted by atomic mass is 16.4. The maximum atomic E-state index is 12.2. The number of hydrogen-bond donors (Lipinski definition) is 1. The Hall–Kier alpha value is -2.54. The van der Waals surface area contributed by atoms with Crippen LogP contribution < -0.4 is 10.9 Å². The van der Waals surface area contributed by atoms with E-state index in [0.29, 0.717) is 17.4 Å². The van der Waals surface area contributed by atoms with Gasteiger partial charge in [0.05, 0.1) is 5.54 Å². The highest BCUT2D eigenvalue weighted by Gasteiger charge is 2.24. The van der Waals surface area contributed by atoms with Gasteiger partial charge in [-0.05, 0) is 25.5 Å². The van der Waals surface area contributed by atoms with Crippen molar-refractivity contribution in [2.75, 3.05) is 0 Å². The van der Waals surface area contributed by atoms with Gasteiger partial charge in [-0.3, -0.25) is 4.79 Å². The van der Waals surface area contributed by atoms with Gasteiger partial charge in [-0.1, -0.05) is 31.0 Å². The van der Waals surface area contributed by atoms with Crippen molar-refractivity contribution in [1.82, 2.24) is 5.32 Å². The van der Waals surface area contributed by atoms with Crippen molar-refractivity contribution in [3.05, 3.63) is 46.3 Å². The fourth-order valence-electron chi connectivity index (χ4n) is 1.76. The summed E-state index contributed by atoms with van der Waals surface area (Å²) in [6.45, 7) is 3.59. The van der Waals surface area contributed by atoms with Crippen LogP contribution in [-0.2, 0) is 0 Å².